The molecule has 0 aliphatic carbocycles. The third kappa shape index (κ3) is 4.83. The summed E-state index contributed by atoms with van der Waals surface area (Å²) in [4.78, 5) is 21.6. The average Bonchev–Trinajstić information content (AvgIpc) is 2.62. The summed E-state index contributed by atoms with van der Waals surface area (Å²) in [6.45, 7) is -0.297. The van der Waals surface area contributed by atoms with Crippen LogP contribution in [-0.2, 0) is 10.0 Å². The average molecular weight is 397 g/mol. The quantitative estimate of drug-likeness (QED) is 0.193. The Bertz CT molecular complexity index is 950. The Morgan fingerprint density at radius 2 is 1.59 bits per heavy atom. The predicted octanol–water partition coefficient (Wildman–Crippen LogP) is 0.420. The maximum atomic E-state index is 12.1. The van der Waals surface area contributed by atoms with Gasteiger partial charge in [-0.2, -0.15) is 0 Å². The summed E-state index contributed by atoms with van der Waals surface area (Å²) in [6.07, 6.45) is 0. The van der Waals surface area contributed by atoms with Crippen LogP contribution in [0.25, 0.3) is 0 Å². The highest BCUT2D eigenvalue weighted by Gasteiger charge is 2.16. The van der Waals surface area contributed by atoms with Gasteiger partial charge >= 0.3 is 0 Å². The van der Waals surface area contributed by atoms with E-state index in [-0.39, 0.29) is 29.2 Å². The van der Waals surface area contributed by atoms with Crippen LogP contribution in [0.2, 0.25) is 0 Å². The number of benzene rings is 2. The highest BCUT2D eigenvalue weighted by atomic mass is 32.2. The summed E-state index contributed by atoms with van der Waals surface area (Å²) < 4.78 is 26.3. The Kier molecular flexibility index (Phi) is 5.82. The Labute approximate surface area is 153 Å². The Hall–Kier alpha value is -3.38. The zero-order valence-electron chi connectivity index (χ0n) is 13.6. The molecule has 0 aromatic heterocycles. The lowest BCUT2D eigenvalue weighted by Gasteiger charge is -2.09. The van der Waals surface area contributed by atoms with Gasteiger partial charge in [0.15, 0.2) is 17.2 Å². The van der Waals surface area contributed by atoms with Gasteiger partial charge in [-0.1, -0.05) is 0 Å². The van der Waals surface area contributed by atoms with Gasteiger partial charge in [-0.15, -0.1) is 0 Å². The molecule has 0 saturated heterocycles. The van der Waals surface area contributed by atoms with Crippen molar-refractivity contribution in [2.75, 3.05) is 13.1 Å². The van der Waals surface area contributed by atoms with Gasteiger partial charge in [0.25, 0.3) is 11.6 Å². The SMILES string of the molecule is O=C(NCCNS(=O)(=O)c1ccc([N+](=O)[O-])cc1)c1cc(O)c(O)c(O)c1. The lowest BCUT2D eigenvalue weighted by atomic mass is 10.1. The Balaban J connectivity index is 1.92. The molecule has 0 fully saturated rings. The fraction of sp³-hybridized carbons (Fsp3) is 0.133. The number of sulfonamides is 1. The molecule has 0 saturated carbocycles. The zero-order valence-corrected chi connectivity index (χ0v) is 14.4. The number of amides is 1. The number of phenols is 3. The molecule has 11 nitrogen and oxygen atoms in total. The molecule has 5 N–H and O–H groups in total. The van der Waals surface area contributed by atoms with Gasteiger partial charge in [0, 0.05) is 30.8 Å². The molecule has 0 radical (unpaired) electrons. The molecule has 0 unspecified atom stereocenters. The number of hydrogen-bond acceptors (Lipinski definition) is 8. The number of phenolic OH excluding ortho intramolecular Hbond substituents is 3. The van der Waals surface area contributed by atoms with Crippen LogP contribution in [0.15, 0.2) is 41.3 Å². The largest absolute Gasteiger partial charge is 0.504 e. The standard InChI is InChI=1S/C15H15N3O8S/c19-12-7-9(8-13(20)14(12)21)15(22)16-5-6-17-27(25,26)11-3-1-10(2-4-11)18(23)24/h1-4,7-8,17,19-21H,5-6H2,(H,16,22). The molecule has 2 rings (SSSR count). The van der Waals surface area contributed by atoms with E-state index >= 15 is 0 Å². The van der Waals surface area contributed by atoms with Crippen LogP contribution in [0.1, 0.15) is 10.4 Å². The van der Waals surface area contributed by atoms with Crippen LogP contribution in [0.4, 0.5) is 5.69 Å². The summed E-state index contributed by atoms with van der Waals surface area (Å²) in [5.41, 5.74) is -0.386. The zero-order chi connectivity index (χ0) is 20.2. The fourth-order valence-electron chi connectivity index (χ4n) is 2.03. The number of nitrogens with zero attached hydrogens (tertiary/aromatic N) is 1. The van der Waals surface area contributed by atoms with Gasteiger partial charge < -0.3 is 20.6 Å². The van der Waals surface area contributed by atoms with Gasteiger partial charge in [0.1, 0.15) is 0 Å². The summed E-state index contributed by atoms with van der Waals surface area (Å²) in [7, 11) is -3.92. The number of nitro groups is 1. The molecule has 2 aromatic carbocycles. The normalized spacial score (nSPS) is 11.1. The van der Waals surface area contributed by atoms with Crippen LogP contribution in [0.3, 0.4) is 0 Å². The van der Waals surface area contributed by atoms with Crippen molar-refractivity contribution in [3.05, 3.63) is 52.1 Å². The second-order valence-electron chi connectivity index (χ2n) is 5.27. The van der Waals surface area contributed by atoms with Crippen LogP contribution < -0.4 is 10.0 Å². The molecule has 0 atom stereocenters. The number of hydrogen-bond donors (Lipinski definition) is 5. The highest BCUT2D eigenvalue weighted by molar-refractivity contribution is 7.89. The summed E-state index contributed by atoms with van der Waals surface area (Å²) >= 11 is 0. The lowest BCUT2D eigenvalue weighted by molar-refractivity contribution is -0.384. The van der Waals surface area contributed by atoms with Crippen molar-refractivity contribution >= 4 is 21.6 Å². The summed E-state index contributed by atoms with van der Waals surface area (Å²) in [5.74, 6) is -2.84. The van der Waals surface area contributed by atoms with E-state index in [0.29, 0.717) is 0 Å². The van der Waals surface area contributed by atoms with Crippen LogP contribution >= 0.6 is 0 Å². The third-order valence-corrected chi connectivity index (χ3v) is 4.87. The number of nitrogens with one attached hydrogen (secondary N) is 2. The maximum Gasteiger partial charge on any atom is 0.269 e. The number of aromatic hydroxyl groups is 3. The smallest absolute Gasteiger partial charge is 0.269 e. The Morgan fingerprint density at radius 3 is 2.11 bits per heavy atom. The Morgan fingerprint density at radius 1 is 1.04 bits per heavy atom. The lowest BCUT2D eigenvalue weighted by Crippen LogP contribution is -2.34. The molecule has 0 aliphatic heterocycles. The first-order valence-corrected chi connectivity index (χ1v) is 8.87. The number of carbonyl (C=O) groups is 1. The van der Waals surface area contributed by atoms with E-state index < -0.39 is 38.1 Å². The van der Waals surface area contributed by atoms with E-state index in [1.807, 2.05) is 0 Å². The molecule has 0 aliphatic rings. The third-order valence-electron chi connectivity index (χ3n) is 3.39. The van der Waals surface area contributed by atoms with Crippen molar-refractivity contribution in [3.63, 3.8) is 0 Å². The van der Waals surface area contributed by atoms with E-state index in [1.54, 1.807) is 0 Å². The number of non-ortho nitro benzene ring substituents is 1. The van der Waals surface area contributed by atoms with Gasteiger partial charge in [0.05, 0.1) is 9.82 Å². The minimum atomic E-state index is -3.92. The second-order valence-corrected chi connectivity index (χ2v) is 7.03. The first-order valence-electron chi connectivity index (χ1n) is 7.39. The van der Waals surface area contributed by atoms with Gasteiger partial charge in [0.2, 0.25) is 10.0 Å². The molecule has 0 heterocycles. The van der Waals surface area contributed by atoms with Crippen LogP contribution in [0.5, 0.6) is 17.2 Å². The van der Waals surface area contributed by atoms with E-state index in [1.165, 1.54) is 0 Å². The minimum absolute atomic E-state index is 0.118. The number of rotatable bonds is 7. The van der Waals surface area contributed by atoms with Gasteiger partial charge in [-0.05, 0) is 24.3 Å². The van der Waals surface area contributed by atoms with Crippen molar-refractivity contribution in [2.24, 2.45) is 0 Å². The molecular formula is C15H15N3O8S. The molecule has 0 spiro atoms. The fourth-order valence-corrected chi connectivity index (χ4v) is 3.06. The van der Waals surface area contributed by atoms with Crippen molar-refractivity contribution in [3.8, 4) is 17.2 Å². The van der Waals surface area contributed by atoms with E-state index in [0.717, 1.165) is 36.4 Å². The highest BCUT2D eigenvalue weighted by Crippen LogP contribution is 2.35. The molecule has 144 valence electrons. The molecule has 27 heavy (non-hydrogen) atoms. The van der Waals surface area contributed by atoms with Crippen molar-refractivity contribution < 1.29 is 33.5 Å². The number of nitro benzene ring substituents is 1. The first kappa shape index (κ1) is 19.9. The molecule has 1 amide bonds. The van der Waals surface area contributed by atoms with Gasteiger partial charge in [-0.25, -0.2) is 13.1 Å². The molecule has 0 bridgehead atoms. The second kappa shape index (κ2) is 7.88. The van der Waals surface area contributed by atoms with Gasteiger partial charge in [-0.3, -0.25) is 14.9 Å². The van der Waals surface area contributed by atoms with Crippen LogP contribution in [0, 0.1) is 10.1 Å². The molecule has 2 aromatic rings. The first-order chi connectivity index (χ1) is 12.6. The summed E-state index contributed by atoms with van der Waals surface area (Å²) in [5, 5.41) is 40.9. The monoisotopic (exact) mass is 397 g/mol. The van der Waals surface area contributed by atoms with E-state index in [9.17, 15) is 38.6 Å². The van der Waals surface area contributed by atoms with Crippen molar-refractivity contribution in [1.82, 2.24) is 10.0 Å². The molecule has 12 heteroatoms. The molecular weight excluding hydrogens is 382 g/mol. The van der Waals surface area contributed by atoms with Crippen molar-refractivity contribution in [1.29, 1.82) is 0 Å². The summed E-state index contributed by atoms with van der Waals surface area (Å²) in [6, 6.07) is 6.15. The van der Waals surface area contributed by atoms with E-state index in [4.69, 9.17) is 0 Å². The minimum Gasteiger partial charge on any atom is -0.504 e. The van der Waals surface area contributed by atoms with Crippen molar-refractivity contribution in [2.45, 2.75) is 4.90 Å². The van der Waals surface area contributed by atoms with E-state index in [2.05, 4.69) is 10.0 Å². The van der Waals surface area contributed by atoms with Crippen LogP contribution in [-0.4, -0.2) is 47.7 Å². The predicted molar refractivity (Wildman–Crippen MR) is 92.1 cm³/mol. The topological polar surface area (TPSA) is 179 Å². The maximum absolute atomic E-state index is 12.1. The number of carbonyl (C=O) groups excluding carboxylic acids is 1.